The van der Waals surface area contributed by atoms with E-state index in [0.29, 0.717) is 5.69 Å². The van der Waals surface area contributed by atoms with Crippen molar-refractivity contribution >= 4 is 12.0 Å². The number of carboxylic acid groups (broad SMARTS) is 1. The molecule has 2 saturated heterocycles. The first kappa shape index (κ1) is 13.9. The zero-order chi connectivity index (χ0) is 14.8. The maximum Gasteiger partial charge on any atom is 0.326 e. The highest BCUT2D eigenvalue weighted by atomic mass is 16.5. The zero-order valence-electron chi connectivity index (χ0n) is 11.4. The lowest BCUT2D eigenvalue weighted by Gasteiger charge is -2.22. The minimum absolute atomic E-state index is 0.0228. The lowest BCUT2D eigenvalue weighted by Crippen LogP contribution is -2.51. The molecule has 114 valence electrons. The maximum atomic E-state index is 12.0. The van der Waals surface area contributed by atoms with Gasteiger partial charge < -0.3 is 25.5 Å². The number of ether oxygens (including phenoxy) is 1. The summed E-state index contributed by atoms with van der Waals surface area (Å²) in [6.45, 7) is 0. The summed E-state index contributed by atoms with van der Waals surface area (Å²) in [5, 5.41) is 14.5. The van der Waals surface area contributed by atoms with Gasteiger partial charge in [0.2, 0.25) is 0 Å². The molecule has 4 N–H and O–H groups in total. The van der Waals surface area contributed by atoms with E-state index in [4.69, 9.17) is 4.74 Å². The van der Waals surface area contributed by atoms with Crippen LogP contribution in [-0.4, -0.2) is 51.4 Å². The Morgan fingerprint density at radius 1 is 1.52 bits per heavy atom. The van der Waals surface area contributed by atoms with Crippen molar-refractivity contribution in [3.05, 3.63) is 18.2 Å². The van der Waals surface area contributed by atoms with Crippen LogP contribution in [0.2, 0.25) is 0 Å². The van der Waals surface area contributed by atoms with Gasteiger partial charge in [0.1, 0.15) is 6.04 Å². The van der Waals surface area contributed by atoms with Crippen LogP contribution in [0.1, 0.15) is 25.0 Å². The second-order valence-electron chi connectivity index (χ2n) is 5.51. The average molecular weight is 294 g/mol. The van der Waals surface area contributed by atoms with Crippen molar-refractivity contribution in [1.29, 1.82) is 0 Å². The SMILES string of the molecule is O=C(NC1CC2CCC1O2)N[C@H](Cc1cnc[nH]1)C(=O)O. The standard InChI is InChI=1S/C13H18N4O4/c18-12(19)10(3-7-5-14-6-15-7)17-13(20)16-9-4-8-1-2-11(9)21-8/h5-6,8-11H,1-4H2,(H,14,15)(H,18,19)(H2,16,17,20)/t8?,9?,10-,11?/m1/s1. The molecule has 2 aliphatic rings. The number of fused-ring (bicyclic) bond motifs is 2. The fourth-order valence-electron chi connectivity index (χ4n) is 2.97. The molecular weight excluding hydrogens is 276 g/mol. The van der Waals surface area contributed by atoms with Gasteiger partial charge in [0.15, 0.2) is 0 Å². The number of carboxylic acids is 1. The summed E-state index contributed by atoms with van der Waals surface area (Å²) < 4.78 is 5.65. The Bertz CT molecular complexity index is 518. The van der Waals surface area contributed by atoms with Crippen LogP contribution in [0.4, 0.5) is 4.79 Å². The number of aromatic nitrogens is 2. The fourth-order valence-corrected chi connectivity index (χ4v) is 2.97. The lowest BCUT2D eigenvalue weighted by atomic mass is 9.96. The van der Waals surface area contributed by atoms with Crippen molar-refractivity contribution < 1.29 is 19.4 Å². The van der Waals surface area contributed by atoms with Crippen molar-refractivity contribution in [3.63, 3.8) is 0 Å². The molecule has 0 spiro atoms. The van der Waals surface area contributed by atoms with Gasteiger partial charge in [-0.05, 0) is 19.3 Å². The van der Waals surface area contributed by atoms with Crippen molar-refractivity contribution in [2.75, 3.05) is 0 Å². The number of H-pyrrole nitrogens is 1. The van der Waals surface area contributed by atoms with Gasteiger partial charge in [-0.3, -0.25) is 0 Å². The molecule has 21 heavy (non-hydrogen) atoms. The summed E-state index contributed by atoms with van der Waals surface area (Å²) in [6.07, 6.45) is 6.28. The minimum Gasteiger partial charge on any atom is -0.480 e. The number of imidazole rings is 1. The Kier molecular flexibility index (Phi) is 3.78. The van der Waals surface area contributed by atoms with Crippen molar-refractivity contribution in [3.8, 4) is 0 Å². The molecular formula is C13H18N4O4. The number of hydrogen-bond acceptors (Lipinski definition) is 4. The van der Waals surface area contributed by atoms with E-state index in [1.807, 2.05) is 0 Å². The van der Waals surface area contributed by atoms with E-state index in [-0.39, 0.29) is 24.7 Å². The van der Waals surface area contributed by atoms with E-state index in [9.17, 15) is 14.7 Å². The molecule has 1 aromatic heterocycles. The van der Waals surface area contributed by atoms with Gasteiger partial charge in [-0.2, -0.15) is 0 Å². The average Bonchev–Trinajstić information content (AvgIpc) is 3.14. The molecule has 3 heterocycles. The van der Waals surface area contributed by atoms with Gasteiger partial charge in [0.25, 0.3) is 0 Å². The van der Waals surface area contributed by atoms with E-state index < -0.39 is 18.0 Å². The Morgan fingerprint density at radius 2 is 2.38 bits per heavy atom. The predicted molar refractivity (Wildman–Crippen MR) is 71.7 cm³/mol. The van der Waals surface area contributed by atoms with E-state index in [1.165, 1.54) is 6.33 Å². The maximum absolute atomic E-state index is 12.0. The Hall–Kier alpha value is -2.09. The van der Waals surface area contributed by atoms with Crippen LogP contribution < -0.4 is 10.6 Å². The number of aromatic amines is 1. The van der Waals surface area contributed by atoms with E-state index in [0.717, 1.165) is 19.3 Å². The molecule has 2 amide bonds. The number of carbonyl (C=O) groups excluding carboxylic acids is 1. The van der Waals surface area contributed by atoms with Gasteiger partial charge in [0.05, 0.1) is 24.6 Å². The number of amides is 2. The van der Waals surface area contributed by atoms with Crippen LogP contribution in [0.5, 0.6) is 0 Å². The molecule has 0 radical (unpaired) electrons. The van der Waals surface area contributed by atoms with Crippen molar-refractivity contribution in [2.45, 2.75) is 50.0 Å². The Labute approximate surface area is 121 Å². The first-order valence-electron chi connectivity index (χ1n) is 7.04. The van der Waals surface area contributed by atoms with Gasteiger partial charge in [0, 0.05) is 18.3 Å². The van der Waals surface area contributed by atoms with Gasteiger partial charge in [-0.25, -0.2) is 14.6 Å². The molecule has 0 aromatic carbocycles. The molecule has 4 atom stereocenters. The second kappa shape index (κ2) is 5.72. The monoisotopic (exact) mass is 294 g/mol. The van der Waals surface area contributed by atoms with Crippen LogP contribution in [0.3, 0.4) is 0 Å². The van der Waals surface area contributed by atoms with Gasteiger partial charge in [-0.15, -0.1) is 0 Å². The van der Waals surface area contributed by atoms with Crippen molar-refractivity contribution in [2.24, 2.45) is 0 Å². The smallest absolute Gasteiger partial charge is 0.326 e. The molecule has 0 saturated carbocycles. The highest BCUT2D eigenvalue weighted by Gasteiger charge is 2.41. The molecule has 1 aromatic rings. The molecule has 0 aliphatic carbocycles. The zero-order valence-corrected chi connectivity index (χ0v) is 11.4. The van der Waals surface area contributed by atoms with Crippen LogP contribution in [0.15, 0.2) is 12.5 Å². The van der Waals surface area contributed by atoms with Gasteiger partial charge >= 0.3 is 12.0 Å². The third-order valence-corrected chi connectivity index (χ3v) is 4.00. The number of nitrogens with zero attached hydrogens (tertiary/aromatic N) is 1. The van der Waals surface area contributed by atoms with E-state index in [1.54, 1.807) is 6.20 Å². The quantitative estimate of drug-likeness (QED) is 0.611. The van der Waals surface area contributed by atoms with E-state index in [2.05, 4.69) is 20.6 Å². The highest BCUT2D eigenvalue weighted by Crippen LogP contribution is 2.34. The molecule has 8 heteroatoms. The largest absolute Gasteiger partial charge is 0.480 e. The van der Waals surface area contributed by atoms with Crippen LogP contribution in [0.25, 0.3) is 0 Å². The topological polar surface area (TPSA) is 116 Å². The number of hydrogen-bond donors (Lipinski definition) is 4. The van der Waals surface area contributed by atoms with Crippen LogP contribution in [-0.2, 0) is 16.0 Å². The number of urea groups is 1. The van der Waals surface area contributed by atoms with Crippen molar-refractivity contribution in [1.82, 2.24) is 20.6 Å². The first-order valence-corrected chi connectivity index (χ1v) is 7.04. The summed E-state index contributed by atoms with van der Waals surface area (Å²) in [4.78, 5) is 29.8. The molecule has 3 unspecified atom stereocenters. The number of rotatable bonds is 5. The highest BCUT2D eigenvalue weighted by molar-refractivity contribution is 5.82. The molecule has 2 bridgehead atoms. The Morgan fingerprint density at radius 3 is 2.95 bits per heavy atom. The number of aliphatic carboxylic acids is 1. The van der Waals surface area contributed by atoms with E-state index >= 15 is 0 Å². The molecule has 3 rings (SSSR count). The fraction of sp³-hybridized carbons (Fsp3) is 0.615. The number of nitrogens with one attached hydrogen (secondary N) is 3. The Balaban J connectivity index is 1.53. The molecule has 8 nitrogen and oxygen atoms in total. The lowest BCUT2D eigenvalue weighted by molar-refractivity contribution is -0.139. The molecule has 2 aliphatic heterocycles. The summed E-state index contributed by atoms with van der Waals surface area (Å²) in [5.74, 6) is -1.08. The summed E-state index contributed by atoms with van der Waals surface area (Å²) in [5.41, 5.74) is 0.658. The first-order chi connectivity index (χ1) is 10.1. The summed E-state index contributed by atoms with van der Waals surface area (Å²) >= 11 is 0. The summed E-state index contributed by atoms with van der Waals surface area (Å²) in [6, 6.07) is -1.49. The molecule has 2 fully saturated rings. The normalized spacial score (nSPS) is 28.3. The summed E-state index contributed by atoms with van der Waals surface area (Å²) in [7, 11) is 0. The second-order valence-corrected chi connectivity index (χ2v) is 5.51. The van der Waals surface area contributed by atoms with Crippen LogP contribution >= 0.6 is 0 Å². The predicted octanol–water partition coefficient (Wildman–Crippen LogP) is 0.0245. The van der Waals surface area contributed by atoms with Crippen LogP contribution in [0, 0.1) is 0 Å². The third-order valence-electron chi connectivity index (χ3n) is 4.00. The number of carbonyl (C=O) groups is 2. The van der Waals surface area contributed by atoms with Gasteiger partial charge in [-0.1, -0.05) is 0 Å². The minimum atomic E-state index is -1.08. The third kappa shape index (κ3) is 3.15.